The van der Waals surface area contributed by atoms with Crippen LogP contribution in [0.4, 0.5) is 0 Å². The standard InChI is InChI=1S/C14H20N.C2H6/c1-13(2)10-14(3,11-15(13)4)12-8-6-5-7-9-12;1-2/h5-9,11H,10H2,1-4H3;1-2H3/q+1;. The van der Waals surface area contributed by atoms with Crippen LogP contribution in [0.3, 0.4) is 0 Å². The molecule has 0 saturated carbocycles. The van der Waals surface area contributed by atoms with Gasteiger partial charge in [0.2, 0.25) is 0 Å². The minimum Gasteiger partial charge on any atom is -0.237 e. The zero-order chi connectivity index (χ0) is 13.1. The van der Waals surface area contributed by atoms with E-state index < -0.39 is 0 Å². The zero-order valence-electron chi connectivity index (χ0n) is 12.1. The summed E-state index contributed by atoms with van der Waals surface area (Å²) in [6.07, 6.45) is 3.54. The first-order chi connectivity index (χ1) is 7.94. The molecule has 2 rings (SSSR count). The molecule has 94 valence electrons. The second kappa shape index (κ2) is 5.03. The van der Waals surface area contributed by atoms with Crippen LogP contribution in [0, 0.1) is 0 Å². The summed E-state index contributed by atoms with van der Waals surface area (Å²) in [5, 5.41) is 0. The van der Waals surface area contributed by atoms with Crippen LogP contribution in [0.5, 0.6) is 0 Å². The molecule has 1 heterocycles. The number of nitrogens with zero attached hydrogens (tertiary/aromatic N) is 1. The highest BCUT2D eigenvalue weighted by atomic mass is 15.1. The SMILES string of the molecule is CC.C[N+]1=CC(C)(c2ccccc2)CC1(C)C. The highest BCUT2D eigenvalue weighted by Gasteiger charge is 2.46. The van der Waals surface area contributed by atoms with Crippen molar-refractivity contribution in [3.05, 3.63) is 35.9 Å². The molecular formula is C16H26N+. The first kappa shape index (κ1) is 14.0. The largest absolute Gasteiger partial charge is 0.237 e. The molecule has 1 aromatic rings. The first-order valence-corrected chi connectivity index (χ1v) is 6.59. The van der Waals surface area contributed by atoms with E-state index in [1.165, 1.54) is 12.0 Å². The fraction of sp³-hybridized carbons (Fsp3) is 0.562. The fourth-order valence-corrected chi connectivity index (χ4v) is 2.67. The summed E-state index contributed by atoms with van der Waals surface area (Å²) in [5.41, 5.74) is 1.88. The van der Waals surface area contributed by atoms with Gasteiger partial charge in [0.05, 0.1) is 5.41 Å². The molecule has 1 aromatic carbocycles. The molecule has 0 saturated heterocycles. The van der Waals surface area contributed by atoms with Crippen LogP contribution in [0.25, 0.3) is 0 Å². The van der Waals surface area contributed by atoms with Crippen LogP contribution in [0.1, 0.15) is 46.6 Å². The normalized spacial score (nSPS) is 25.9. The van der Waals surface area contributed by atoms with Crippen LogP contribution >= 0.6 is 0 Å². The summed E-state index contributed by atoms with van der Waals surface area (Å²) in [7, 11) is 2.17. The molecule has 0 fully saturated rings. The number of benzene rings is 1. The molecule has 17 heavy (non-hydrogen) atoms. The van der Waals surface area contributed by atoms with Crippen LogP contribution in [0.2, 0.25) is 0 Å². The van der Waals surface area contributed by atoms with E-state index in [2.05, 4.69) is 68.9 Å². The van der Waals surface area contributed by atoms with E-state index in [4.69, 9.17) is 0 Å². The van der Waals surface area contributed by atoms with Gasteiger partial charge in [0.15, 0.2) is 5.54 Å². The van der Waals surface area contributed by atoms with E-state index in [1.54, 1.807) is 0 Å². The van der Waals surface area contributed by atoms with Gasteiger partial charge in [-0.05, 0) is 26.3 Å². The van der Waals surface area contributed by atoms with Crippen LogP contribution in [0.15, 0.2) is 30.3 Å². The second-order valence-corrected chi connectivity index (χ2v) is 5.51. The van der Waals surface area contributed by atoms with Crippen molar-refractivity contribution in [1.82, 2.24) is 0 Å². The lowest BCUT2D eigenvalue weighted by molar-refractivity contribution is -0.562. The van der Waals surface area contributed by atoms with Crippen molar-refractivity contribution in [3.8, 4) is 0 Å². The van der Waals surface area contributed by atoms with Gasteiger partial charge in [-0.1, -0.05) is 44.2 Å². The Labute approximate surface area is 106 Å². The number of rotatable bonds is 1. The lowest BCUT2D eigenvalue weighted by Crippen LogP contribution is -2.30. The molecule has 1 nitrogen and oxygen atoms in total. The van der Waals surface area contributed by atoms with E-state index in [-0.39, 0.29) is 11.0 Å². The van der Waals surface area contributed by atoms with Crippen molar-refractivity contribution in [2.75, 3.05) is 7.05 Å². The Bertz CT molecular complexity index is 389. The second-order valence-electron chi connectivity index (χ2n) is 5.51. The molecule has 0 spiro atoms. The molecule has 1 aliphatic rings. The lowest BCUT2D eigenvalue weighted by atomic mass is 9.77. The zero-order valence-corrected chi connectivity index (χ0v) is 12.1. The van der Waals surface area contributed by atoms with Gasteiger partial charge < -0.3 is 0 Å². The van der Waals surface area contributed by atoms with E-state index in [9.17, 15) is 0 Å². The molecular weight excluding hydrogens is 206 g/mol. The third kappa shape index (κ3) is 2.77. The summed E-state index contributed by atoms with van der Waals surface area (Å²) in [5.74, 6) is 0. The highest BCUT2D eigenvalue weighted by Crippen LogP contribution is 2.36. The van der Waals surface area contributed by atoms with Crippen LogP contribution in [-0.4, -0.2) is 23.4 Å². The van der Waals surface area contributed by atoms with Gasteiger partial charge in [-0.15, -0.1) is 0 Å². The number of hydrogen-bond acceptors (Lipinski definition) is 0. The van der Waals surface area contributed by atoms with E-state index in [1.807, 2.05) is 13.8 Å². The highest BCUT2D eigenvalue weighted by molar-refractivity contribution is 5.71. The predicted octanol–water partition coefficient (Wildman–Crippen LogP) is 3.87. The summed E-state index contributed by atoms with van der Waals surface area (Å²) >= 11 is 0. The topological polar surface area (TPSA) is 3.01 Å². The third-order valence-electron chi connectivity index (χ3n) is 3.67. The van der Waals surface area contributed by atoms with Gasteiger partial charge in [-0.2, -0.15) is 0 Å². The van der Waals surface area contributed by atoms with Crippen molar-refractivity contribution in [2.24, 2.45) is 0 Å². The first-order valence-electron chi connectivity index (χ1n) is 6.59. The van der Waals surface area contributed by atoms with Crippen molar-refractivity contribution in [1.29, 1.82) is 0 Å². The molecule has 0 radical (unpaired) electrons. The molecule has 1 atom stereocenters. The maximum atomic E-state index is 2.36. The Morgan fingerprint density at radius 3 is 1.94 bits per heavy atom. The van der Waals surface area contributed by atoms with Gasteiger partial charge in [0, 0.05) is 6.42 Å². The van der Waals surface area contributed by atoms with Gasteiger partial charge >= 0.3 is 0 Å². The van der Waals surface area contributed by atoms with Gasteiger partial charge in [0.1, 0.15) is 13.3 Å². The Morgan fingerprint density at radius 1 is 1.00 bits per heavy atom. The van der Waals surface area contributed by atoms with Gasteiger partial charge in [-0.25, -0.2) is 4.58 Å². The average molecular weight is 232 g/mol. The molecule has 0 N–H and O–H groups in total. The summed E-state index contributed by atoms with van der Waals surface area (Å²) in [6.45, 7) is 10.9. The van der Waals surface area contributed by atoms with Crippen molar-refractivity contribution in [2.45, 2.75) is 52.0 Å². The Hall–Kier alpha value is -1.11. The van der Waals surface area contributed by atoms with E-state index in [0.29, 0.717) is 0 Å². The van der Waals surface area contributed by atoms with Crippen LogP contribution in [-0.2, 0) is 5.41 Å². The summed E-state index contributed by atoms with van der Waals surface area (Å²) in [4.78, 5) is 0. The van der Waals surface area contributed by atoms with Crippen molar-refractivity contribution >= 4 is 6.21 Å². The molecule has 1 unspecified atom stereocenters. The minimum absolute atomic E-state index is 0.194. The Balaban J connectivity index is 0.000000686. The van der Waals surface area contributed by atoms with Crippen LogP contribution < -0.4 is 0 Å². The predicted molar refractivity (Wildman–Crippen MR) is 76.1 cm³/mol. The lowest BCUT2D eigenvalue weighted by Gasteiger charge is -2.21. The monoisotopic (exact) mass is 232 g/mol. The summed E-state index contributed by atoms with van der Waals surface area (Å²) in [6, 6.07) is 10.8. The Kier molecular flexibility index (Phi) is 4.13. The Morgan fingerprint density at radius 2 is 1.53 bits per heavy atom. The minimum atomic E-state index is 0.194. The maximum absolute atomic E-state index is 2.36. The van der Waals surface area contributed by atoms with Crippen molar-refractivity contribution in [3.63, 3.8) is 0 Å². The smallest absolute Gasteiger partial charge is 0.157 e. The molecule has 0 aromatic heterocycles. The third-order valence-corrected chi connectivity index (χ3v) is 3.67. The molecule has 0 bridgehead atoms. The van der Waals surface area contributed by atoms with Gasteiger partial charge in [0.25, 0.3) is 0 Å². The fourth-order valence-electron chi connectivity index (χ4n) is 2.67. The molecule has 0 amide bonds. The number of hydrogen-bond donors (Lipinski definition) is 0. The molecule has 1 aliphatic heterocycles. The van der Waals surface area contributed by atoms with E-state index >= 15 is 0 Å². The molecule has 1 heteroatoms. The summed E-state index contributed by atoms with van der Waals surface area (Å²) < 4.78 is 2.35. The molecule has 0 aliphatic carbocycles. The quantitative estimate of drug-likeness (QED) is 0.647. The average Bonchev–Trinajstić information content (AvgIpc) is 2.53. The maximum Gasteiger partial charge on any atom is 0.157 e. The van der Waals surface area contributed by atoms with E-state index in [0.717, 1.165) is 0 Å². The van der Waals surface area contributed by atoms with Gasteiger partial charge in [-0.3, -0.25) is 0 Å². The van der Waals surface area contributed by atoms with Crippen molar-refractivity contribution < 1.29 is 4.58 Å².